The van der Waals surface area contributed by atoms with Crippen LogP contribution in [0.3, 0.4) is 0 Å². The molecule has 170 valence electrons. The van der Waals surface area contributed by atoms with Crippen LogP contribution in [0.5, 0.6) is 5.75 Å². The molecule has 1 amide bonds. The lowest BCUT2D eigenvalue weighted by Gasteiger charge is -2.33. The third-order valence-corrected chi connectivity index (χ3v) is 4.83. The molecule has 0 atom stereocenters. The first-order valence-corrected chi connectivity index (χ1v) is 10.2. The lowest BCUT2D eigenvalue weighted by Crippen LogP contribution is -2.48. The van der Waals surface area contributed by atoms with E-state index in [0.717, 1.165) is 50.3 Å². The van der Waals surface area contributed by atoms with Gasteiger partial charge in [0.25, 0.3) is 0 Å². The molecule has 1 aliphatic rings. The molecule has 1 fully saturated rings. The molecule has 1 aromatic carbocycles. The Bertz CT molecular complexity index is 833. The second-order valence-electron chi connectivity index (χ2n) is 7.38. The number of aromatic nitrogens is 2. The monoisotopic (exact) mass is 441 g/mol. The van der Waals surface area contributed by atoms with Gasteiger partial charge in [-0.3, -0.25) is 14.6 Å². The first kappa shape index (κ1) is 23.0. The molecule has 2 aromatic rings. The third-order valence-electron chi connectivity index (χ3n) is 4.83. The van der Waals surface area contributed by atoms with Crippen molar-refractivity contribution in [2.45, 2.75) is 39.1 Å². The Morgan fingerprint density at radius 1 is 1.16 bits per heavy atom. The van der Waals surface area contributed by atoms with Crippen LogP contribution >= 0.6 is 0 Å². The van der Waals surface area contributed by atoms with Crippen LogP contribution in [0.4, 0.5) is 18.9 Å². The van der Waals surface area contributed by atoms with Crippen LogP contribution in [-0.2, 0) is 17.8 Å². The normalized spacial score (nSPS) is 15.7. The summed E-state index contributed by atoms with van der Waals surface area (Å²) in [5, 5.41) is 6.68. The molecule has 0 bridgehead atoms. The molecule has 0 saturated carbocycles. The molecule has 1 saturated heterocycles. The third kappa shape index (κ3) is 7.83. The standard InChI is InChI=1S/C20H26F3N5O3/c1-2-3-4-17-25-19(31-26-17)14-28-11-9-27(10-12-28)13-18(29)24-15-5-7-16(8-6-15)30-20(21,22)23/h5-8H,2-4,9-14H2,1H3,(H,24,29). The Morgan fingerprint density at radius 2 is 1.84 bits per heavy atom. The van der Waals surface area contributed by atoms with Gasteiger partial charge in [-0.2, -0.15) is 4.98 Å². The minimum atomic E-state index is -4.74. The van der Waals surface area contributed by atoms with Crippen molar-refractivity contribution in [1.29, 1.82) is 0 Å². The number of unbranched alkanes of at least 4 members (excludes halogenated alkanes) is 1. The number of amides is 1. The minimum Gasteiger partial charge on any atom is -0.406 e. The Balaban J connectivity index is 1.38. The van der Waals surface area contributed by atoms with Crippen LogP contribution < -0.4 is 10.1 Å². The van der Waals surface area contributed by atoms with Crippen LogP contribution in [0.2, 0.25) is 0 Å². The van der Waals surface area contributed by atoms with Gasteiger partial charge < -0.3 is 14.6 Å². The maximum absolute atomic E-state index is 12.2. The summed E-state index contributed by atoms with van der Waals surface area (Å²) in [4.78, 5) is 20.9. The first-order chi connectivity index (χ1) is 14.8. The van der Waals surface area contributed by atoms with E-state index in [0.29, 0.717) is 31.2 Å². The highest BCUT2D eigenvalue weighted by Crippen LogP contribution is 2.24. The summed E-state index contributed by atoms with van der Waals surface area (Å²) in [6, 6.07) is 5.06. The number of hydrogen-bond donors (Lipinski definition) is 1. The van der Waals surface area contributed by atoms with Gasteiger partial charge >= 0.3 is 6.36 Å². The van der Waals surface area contributed by atoms with Crippen LogP contribution in [0.15, 0.2) is 28.8 Å². The molecule has 2 heterocycles. The van der Waals surface area contributed by atoms with Crippen molar-refractivity contribution in [2.24, 2.45) is 0 Å². The van der Waals surface area contributed by atoms with Gasteiger partial charge in [0.2, 0.25) is 11.8 Å². The largest absolute Gasteiger partial charge is 0.573 e. The van der Waals surface area contributed by atoms with Gasteiger partial charge in [0.1, 0.15) is 5.75 Å². The average molecular weight is 441 g/mol. The second-order valence-corrected chi connectivity index (χ2v) is 7.38. The van der Waals surface area contributed by atoms with E-state index >= 15 is 0 Å². The molecule has 31 heavy (non-hydrogen) atoms. The number of nitrogens with zero attached hydrogens (tertiary/aromatic N) is 4. The highest BCUT2D eigenvalue weighted by atomic mass is 19.4. The predicted molar refractivity (Wildman–Crippen MR) is 106 cm³/mol. The molecule has 11 heteroatoms. The number of nitrogens with one attached hydrogen (secondary N) is 1. The maximum atomic E-state index is 12.2. The van der Waals surface area contributed by atoms with Crippen molar-refractivity contribution in [3.8, 4) is 5.75 Å². The summed E-state index contributed by atoms with van der Waals surface area (Å²) >= 11 is 0. The van der Waals surface area contributed by atoms with Crippen LogP contribution in [0.25, 0.3) is 0 Å². The Hall–Kier alpha value is -2.66. The lowest BCUT2D eigenvalue weighted by atomic mass is 10.2. The van der Waals surface area contributed by atoms with E-state index in [1.54, 1.807) is 0 Å². The quantitative estimate of drug-likeness (QED) is 0.640. The van der Waals surface area contributed by atoms with Gasteiger partial charge in [0.05, 0.1) is 13.1 Å². The molecule has 0 aliphatic carbocycles. The molecular weight excluding hydrogens is 415 g/mol. The highest BCUT2D eigenvalue weighted by Gasteiger charge is 2.31. The van der Waals surface area contributed by atoms with Crippen LogP contribution in [-0.4, -0.2) is 64.9 Å². The van der Waals surface area contributed by atoms with Gasteiger partial charge in [-0.05, 0) is 30.7 Å². The number of carbonyl (C=O) groups is 1. The summed E-state index contributed by atoms with van der Waals surface area (Å²) < 4.78 is 45.7. The number of rotatable bonds is 9. The summed E-state index contributed by atoms with van der Waals surface area (Å²) in [6.45, 7) is 5.87. The molecule has 0 unspecified atom stereocenters. The van der Waals surface area contributed by atoms with E-state index in [-0.39, 0.29) is 18.2 Å². The molecule has 8 nitrogen and oxygen atoms in total. The fourth-order valence-electron chi connectivity index (χ4n) is 3.23. The average Bonchev–Trinajstić information content (AvgIpc) is 3.15. The topological polar surface area (TPSA) is 83.7 Å². The number of benzene rings is 1. The summed E-state index contributed by atoms with van der Waals surface area (Å²) in [7, 11) is 0. The Labute approximate surface area is 178 Å². The fourth-order valence-corrected chi connectivity index (χ4v) is 3.23. The lowest BCUT2D eigenvalue weighted by molar-refractivity contribution is -0.274. The molecule has 3 rings (SSSR count). The van der Waals surface area contributed by atoms with E-state index in [1.807, 2.05) is 4.90 Å². The van der Waals surface area contributed by atoms with Gasteiger partial charge in [-0.1, -0.05) is 18.5 Å². The van der Waals surface area contributed by atoms with E-state index in [9.17, 15) is 18.0 Å². The number of carbonyl (C=O) groups excluding carboxylic acids is 1. The zero-order valence-corrected chi connectivity index (χ0v) is 17.3. The highest BCUT2D eigenvalue weighted by molar-refractivity contribution is 5.92. The molecule has 0 radical (unpaired) electrons. The molecular formula is C20H26F3N5O3. The predicted octanol–water partition coefficient (Wildman–Crippen LogP) is 3.07. The number of piperazine rings is 1. The van der Waals surface area contributed by atoms with E-state index in [2.05, 4.69) is 32.0 Å². The number of alkyl halides is 3. The van der Waals surface area contributed by atoms with Crippen LogP contribution in [0.1, 0.15) is 31.5 Å². The van der Waals surface area contributed by atoms with E-state index in [4.69, 9.17) is 4.52 Å². The zero-order valence-electron chi connectivity index (χ0n) is 17.3. The number of anilines is 1. The smallest absolute Gasteiger partial charge is 0.406 e. The Morgan fingerprint density at radius 3 is 2.48 bits per heavy atom. The second kappa shape index (κ2) is 10.6. The van der Waals surface area contributed by atoms with Crippen molar-refractivity contribution in [2.75, 3.05) is 38.0 Å². The van der Waals surface area contributed by atoms with E-state index < -0.39 is 6.36 Å². The van der Waals surface area contributed by atoms with Crippen LogP contribution in [0, 0.1) is 0 Å². The number of halogens is 3. The number of aryl methyl sites for hydroxylation is 1. The summed E-state index contributed by atoms with van der Waals surface area (Å²) in [6.07, 6.45) is -1.81. The van der Waals surface area contributed by atoms with Gasteiger partial charge in [0, 0.05) is 38.3 Å². The fraction of sp³-hybridized carbons (Fsp3) is 0.550. The maximum Gasteiger partial charge on any atom is 0.573 e. The van der Waals surface area contributed by atoms with Crippen molar-refractivity contribution in [3.63, 3.8) is 0 Å². The minimum absolute atomic E-state index is 0.205. The van der Waals surface area contributed by atoms with Gasteiger partial charge in [-0.25, -0.2) is 0 Å². The first-order valence-electron chi connectivity index (χ1n) is 10.2. The van der Waals surface area contributed by atoms with Gasteiger partial charge in [0.15, 0.2) is 5.82 Å². The summed E-state index contributed by atoms with van der Waals surface area (Å²) in [5.41, 5.74) is 0.411. The molecule has 1 aromatic heterocycles. The van der Waals surface area contributed by atoms with Gasteiger partial charge in [-0.15, -0.1) is 13.2 Å². The SMILES string of the molecule is CCCCc1noc(CN2CCN(CC(=O)Nc3ccc(OC(F)(F)F)cc3)CC2)n1. The summed E-state index contributed by atoms with van der Waals surface area (Å²) in [5.74, 6) is 0.788. The van der Waals surface area contributed by atoms with E-state index in [1.165, 1.54) is 12.1 Å². The van der Waals surface area contributed by atoms with Crippen molar-refractivity contribution in [1.82, 2.24) is 19.9 Å². The Kier molecular flexibility index (Phi) is 7.85. The number of hydrogen-bond acceptors (Lipinski definition) is 7. The zero-order chi connectivity index (χ0) is 22.3. The van der Waals surface area contributed by atoms with Crippen molar-refractivity contribution >= 4 is 11.6 Å². The molecule has 0 spiro atoms. The van der Waals surface area contributed by atoms with Crippen molar-refractivity contribution < 1.29 is 27.2 Å². The number of ether oxygens (including phenoxy) is 1. The molecule has 1 aliphatic heterocycles. The molecule has 1 N–H and O–H groups in total. The van der Waals surface area contributed by atoms with Crippen molar-refractivity contribution in [3.05, 3.63) is 36.0 Å².